The molecular weight excluding hydrogens is 343 g/mol. The standard InChI is InChI=1S/C20H20F3NO2/c1-26-13-15-2-6-16(7-3-15)19(25)24(18-10-11-18)12-14-4-8-17(9-5-14)20(21,22)23/h2-9,18H,10-13H2,1H3. The molecule has 1 amide bonds. The van der Waals surface area contributed by atoms with Crippen molar-refractivity contribution in [2.24, 2.45) is 0 Å². The first-order valence-corrected chi connectivity index (χ1v) is 8.43. The van der Waals surface area contributed by atoms with Crippen LogP contribution in [0.15, 0.2) is 48.5 Å². The Morgan fingerprint density at radius 1 is 1.04 bits per heavy atom. The Morgan fingerprint density at radius 3 is 2.12 bits per heavy atom. The zero-order chi connectivity index (χ0) is 18.7. The van der Waals surface area contributed by atoms with E-state index in [9.17, 15) is 18.0 Å². The Bertz CT molecular complexity index is 750. The summed E-state index contributed by atoms with van der Waals surface area (Å²) < 4.78 is 43.1. The maximum atomic E-state index is 12.8. The van der Waals surface area contributed by atoms with Gasteiger partial charge in [0.2, 0.25) is 0 Å². The monoisotopic (exact) mass is 363 g/mol. The van der Waals surface area contributed by atoms with Gasteiger partial charge in [0, 0.05) is 25.3 Å². The maximum absolute atomic E-state index is 12.8. The molecule has 26 heavy (non-hydrogen) atoms. The van der Waals surface area contributed by atoms with Gasteiger partial charge in [-0.2, -0.15) is 13.2 Å². The molecule has 1 aliphatic rings. The second-order valence-electron chi connectivity index (χ2n) is 6.49. The van der Waals surface area contributed by atoms with Crippen molar-refractivity contribution in [1.29, 1.82) is 0 Å². The van der Waals surface area contributed by atoms with E-state index in [1.807, 2.05) is 12.1 Å². The van der Waals surface area contributed by atoms with E-state index in [1.165, 1.54) is 12.1 Å². The number of nitrogens with zero attached hydrogens (tertiary/aromatic N) is 1. The van der Waals surface area contributed by atoms with Crippen molar-refractivity contribution in [3.8, 4) is 0 Å². The molecule has 3 rings (SSSR count). The van der Waals surface area contributed by atoms with Crippen LogP contribution in [-0.2, 0) is 24.1 Å². The Labute approximate surface area is 150 Å². The lowest BCUT2D eigenvalue weighted by molar-refractivity contribution is -0.137. The fourth-order valence-corrected chi connectivity index (χ4v) is 2.82. The van der Waals surface area contributed by atoms with Crippen LogP contribution in [0.25, 0.3) is 0 Å². The molecule has 0 heterocycles. The normalized spacial score (nSPS) is 14.3. The first kappa shape index (κ1) is 18.5. The molecule has 0 saturated heterocycles. The first-order chi connectivity index (χ1) is 12.4. The summed E-state index contributed by atoms with van der Waals surface area (Å²) in [6.45, 7) is 0.786. The van der Waals surface area contributed by atoms with Gasteiger partial charge in [-0.1, -0.05) is 24.3 Å². The van der Waals surface area contributed by atoms with Crippen LogP contribution >= 0.6 is 0 Å². The first-order valence-electron chi connectivity index (χ1n) is 8.43. The summed E-state index contributed by atoms with van der Waals surface area (Å²) in [4.78, 5) is 14.6. The number of carbonyl (C=O) groups excluding carboxylic acids is 1. The van der Waals surface area contributed by atoms with E-state index in [0.29, 0.717) is 24.3 Å². The average Bonchev–Trinajstić information content (AvgIpc) is 3.45. The minimum absolute atomic E-state index is 0.101. The molecule has 0 unspecified atom stereocenters. The Balaban J connectivity index is 1.74. The number of ether oxygens (including phenoxy) is 1. The summed E-state index contributed by atoms with van der Waals surface area (Å²) in [5, 5.41) is 0. The average molecular weight is 363 g/mol. The second-order valence-corrected chi connectivity index (χ2v) is 6.49. The van der Waals surface area contributed by atoms with Gasteiger partial charge in [-0.15, -0.1) is 0 Å². The van der Waals surface area contributed by atoms with Gasteiger partial charge in [-0.3, -0.25) is 4.79 Å². The zero-order valence-corrected chi connectivity index (χ0v) is 14.4. The summed E-state index contributed by atoms with van der Waals surface area (Å²) in [6, 6.07) is 12.4. The largest absolute Gasteiger partial charge is 0.416 e. The number of amides is 1. The number of alkyl halides is 3. The highest BCUT2D eigenvalue weighted by atomic mass is 19.4. The molecular formula is C20H20F3NO2. The lowest BCUT2D eigenvalue weighted by Crippen LogP contribution is -2.32. The van der Waals surface area contributed by atoms with Crippen LogP contribution in [0.2, 0.25) is 0 Å². The van der Waals surface area contributed by atoms with Gasteiger partial charge in [0.25, 0.3) is 5.91 Å². The molecule has 0 N–H and O–H groups in total. The SMILES string of the molecule is COCc1ccc(C(=O)N(Cc2ccc(C(F)(F)F)cc2)C2CC2)cc1. The molecule has 1 saturated carbocycles. The molecule has 0 bridgehead atoms. The van der Waals surface area contributed by atoms with Crippen LogP contribution in [0.1, 0.15) is 39.9 Å². The lowest BCUT2D eigenvalue weighted by atomic mass is 10.1. The molecule has 0 spiro atoms. The van der Waals surface area contributed by atoms with Gasteiger partial charge in [0.1, 0.15) is 0 Å². The van der Waals surface area contributed by atoms with Crippen LogP contribution in [0, 0.1) is 0 Å². The number of hydrogen-bond acceptors (Lipinski definition) is 2. The Kier molecular flexibility index (Phi) is 5.32. The third kappa shape index (κ3) is 4.43. The van der Waals surface area contributed by atoms with E-state index in [1.54, 1.807) is 24.1 Å². The summed E-state index contributed by atoms with van der Waals surface area (Å²) in [5.74, 6) is -0.101. The fourth-order valence-electron chi connectivity index (χ4n) is 2.82. The van der Waals surface area contributed by atoms with Crippen molar-refractivity contribution >= 4 is 5.91 Å². The number of benzene rings is 2. The van der Waals surface area contributed by atoms with Gasteiger partial charge in [-0.25, -0.2) is 0 Å². The van der Waals surface area contributed by atoms with Crippen LogP contribution < -0.4 is 0 Å². The molecule has 2 aromatic carbocycles. The molecule has 138 valence electrons. The van der Waals surface area contributed by atoms with Crippen LogP contribution in [0.3, 0.4) is 0 Å². The predicted octanol–water partition coefficient (Wildman–Crippen LogP) is 4.66. The number of methoxy groups -OCH3 is 1. The van der Waals surface area contributed by atoms with Crippen LogP contribution in [0.4, 0.5) is 13.2 Å². The van der Waals surface area contributed by atoms with Gasteiger partial charge < -0.3 is 9.64 Å². The topological polar surface area (TPSA) is 29.5 Å². The van der Waals surface area contributed by atoms with Crippen molar-refractivity contribution < 1.29 is 22.7 Å². The predicted molar refractivity (Wildman–Crippen MR) is 91.5 cm³/mol. The second kappa shape index (κ2) is 7.50. The van der Waals surface area contributed by atoms with E-state index in [2.05, 4.69) is 0 Å². The van der Waals surface area contributed by atoms with E-state index in [4.69, 9.17) is 4.74 Å². The highest BCUT2D eigenvalue weighted by Crippen LogP contribution is 2.32. The van der Waals surface area contributed by atoms with Gasteiger partial charge >= 0.3 is 6.18 Å². The fraction of sp³-hybridized carbons (Fsp3) is 0.350. The smallest absolute Gasteiger partial charge is 0.380 e. The summed E-state index contributed by atoms with van der Waals surface area (Å²) in [6.07, 6.45) is -2.50. The van der Waals surface area contributed by atoms with Crippen molar-refractivity contribution in [2.75, 3.05) is 7.11 Å². The molecule has 3 nitrogen and oxygen atoms in total. The van der Waals surface area contributed by atoms with Gasteiger partial charge in [0.15, 0.2) is 0 Å². The van der Waals surface area contributed by atoms with Crippen LogP contribution in [0.5, 0.6) is 0 Å². The molecule has 2 aromatic rings. The minimum atomic E-state index is -4.35. The van der Waals surface area contributed by atoms with Crippen molar-refractivity contribution in [2.45, 2.75) is 38.2 Å². The third-order valence-corrected chi connectivity index (χ3v) is 4.39. The Hall–Kier alpha value is -2.34. The summed E-state index contributed by atoms with van der Waals surface area (Å²) in [5.41, 5.74) is 1.56. The summed E-state index contributed by atoms with van der Waals surface area (Å²) in [7, 11) is 1.61. The third-order valence-electron chi connectivity index (χ3n) is 4.39. The molecule has 0 aromatic heterocycles. The molecule has 6 heteroatoms. The van der Waals surface area contributed by atoms with Crippen LogP contribution in [-0.4, -0.2) is 24.0 Å². The van der Waals surface area contributed by atoms with Crippen molar-refractivity contribution in [3.63, 3.8) is 0 Å². The number of halogens is 3. The van der Waals surface area contributed by atoms with E-state index in [0.717, 1.165) is 30.5 Å². The van der Waals surface area contributed by atoms with Gasteiger partial charge in [0.05, 0.1) is 12.2 Å². The maximum Gasteiger partial charge on any atom is 0.416 e. The quantitative estimate of drug-likeness (QED) is 0.747. The minimum Gasteiger partial charge on any atom is -0.380 e. The lowest BCUT2D eigenvalue weighted by Gasteiger charge is -2.23. The van der Waals surface area contributed by atoms with E-state index >= 15 is 0 Å². The highest BCUT2D eigenvalue weighted by Gasteiger charge is 2.34. The molecule has 1 aliphatic carbocycles. The summed E-state index contributed by atoms with van der Waals surface area (Å²) >= 11 is 0. The number of carbonyl (C=O) groups is 1. The highest BCUT2D eigenvalue weighted by molar-refractivity contribution is 5.94. The molecule has 1 fully saturated rings. The molecule has 0 radical (unpaired) electrons. The Morgan fingerprint density at radius 2 is 1.62 bits per heavy atom. The number of rotatable bonds is 6. The van der Waals surface area contributed by atoms with Gasteiger partial charge in [-0.05, 0) is 48.2 Å². The number of hydrogen-bond donors (Lipinski definition) is 0. The van der Waals surface area contributed by atoms with E-state index in [-0.39, 0.29) is 11.9 Å². The molecule has 0 atom stereocenters. The van der Waals surface area contributed by atoms with Crippen molar-refractivity contribution in [3.05, 3.63) is 70.8 Å². The zero-order valence-electron chi connectivity index (χ0n) is 14.4. The van der Waals surface area contributed by atoms with E-state index < -0.39 is 11.7 Å². The molecule has 0 aliphatic heterocycles. The van der Waals surface area contributed by atoms with Crippen molar-refractivity contribution in [1.82, 2.24) is 4.90 Å².